The van der Waals surface area contributed by atoms with Crippen molar-refractivity contribution >= 4 is 16.1 Å². The maximum atomic E-state index is 14.0. The Bertz CT molecular complexity index is 1150. The number of nitrogens with one attached hydrogen (secondary N) is 1. The number of aliphatic hydroxyl groups is 1. The number of aliphatic hydroxyl groups excluding tert-OH is 1. The lowest BCUT2D eigenvalue weighted by Crippen LogP contribution is -2.51. The third-order valence-electron chi connectivity index (χ3n) is 7.49. The fraction of sp³-hybridized carbons (Fsp3) is 0.552. The molecule has 1 saturated carbocycles. The summed E-state index contributed by atoms with van der Waals surface area (Å²) >= 11 is 0. The summed E-state index contributed by atoms with van der Waals surface area (Å²) in [6.45, 7) is 0.983. The summed E-state index contributed by atoms with van der Waals surface area (Å²) in [7, 11) is -2.56. The summed E-state index contributed by atoms with van der Waals surface area (Å²) in [5.74, 6) is 0.449. The summed E-state index contributed by atoms with van der Waals surface area (Å²) in [4.78, 5) is 12.8. The average Bonchev–Trinajstić information content (AvgIpc) is 3.46. The average molecular weight is 561 g/mol. The number of nitrogens with zero attached hydrogens (tertiary/aromatic N) is 1. The lowest BCUT2D eigenvalue weighted by Gasteiger charge is -2.33. The van der Waals surface area contributed by atoms with Crippen molar-refractivity contribution in [3.63, 3.8) is 0 Å². The van der Waals surface area contributed by atoms with Crippen molar-refractivity contribution in [1.82, 2.24) is 9.62 Å². The Morgan fingerprint density at radius 2 is 1.79 bits per heavy atom. The van der Waals surface area contributed by atoms with Crippen molar-refractivity contribution in [2.75, 3.05) is 33.4 Å². The molecule has 0 aromatic heterocycles. The number of methoxy groups -OCH3 is 1. The summed E-state index contributed by atoms with van der Waals surface area (Å²) in [5, 5.41) is 14.3. The Kier molecular flexibility index (Phi) is 10.6. The smallest absolute Gasteiger partial charge is 0.407 e. The van der Waals surface area contributed by atoms with E-state index in [1.165, 1.54) is 17.5 Å². The van der Waals surface area contributed by atoms with E-state index in [1.54, 1.807) is 18.2 Å². The molecule has 39 heavy (non-hydrogen) atoms. The van der Waals surface area contributed by atoms with Gasteiger partial charge < -0.3 is 24.6 Å². The van der Waals surface area contributed by atoms with Crippen molar-refractivity contribution in [2.24, 2.45) is 5.92 Å². The zero-order valence-corrected chi connectivity index (χ0v) is 23.4. The number of carbonyl (C=O) groups is 1. The van der Waals surface area contributed by atoms with E-state index in [0.29, 0.717) is 32.6 Å². The molecule has 2 N–H and O–H groups in total. The predicted octanol–water partition coefficient (Wildman–Crippen LogP) is 3.75. The molecule has 4 rings (SSSR count). The Morgan fingerprint density at radius 1 is 1.08 bits per heavy atom. The molecule has 2 fully saturated rings. The first kappa shape index (κ1) is 29.3. The molecule has 1 amide bonds. The van der Waals surface area contributed by atoms with E-state index in [1.807, 2.05) is 30.3 Å². The second-order valence-corrected chi connectivity index (χ2v) is 12.3. The Hall–Kier alpha value is -2.66. The van der Waals surface area contributed by atoms with Gasteiger partial charge in [0.2, 0.25) is 10.0 Å². The lowest BCUT2D eigenvalue weighted by atomic mass is 9.89. The molecule has 1 saturated heterocycles. The maximum Gasteiger partial charge on any atom is 0.407 e. The Labute approximate surface area is 231 Å². The normalized spacial score (nSPS) is 19.9. The van der Waals surface area contributed by atoms with Crippen LogP contribution in [0.2, 0.25) is 0 Å². The first-order valence-electron chi connectivity index (χ1n) is 13.8. The highest BCUT2D eigenvalue weighted by atomic mass is 32.2. The molecular formula is C29H40N2O7S. The Balaban J connectivity index is 1.57. The van der Waals surface area contributed by atoms with Gasteiger partial charge >= 0.3 is 6.09 Å². The highest BCUT2D eigenvalue weighted by molar-refractivity contribution is 7.89. The molecule has 10 heteroatoms. The second kappa shape index (κ2) is 14.1. The van der Waals surface area contributed by atoms with Crippen LogP contribution in [-0.2, 0) is 25.9 Å². The Morgan fingerprint density at radius 3 is 2.49 bits per heavy atom. The SMILES string of the molecule is COc1ccccc1S(=O)(=O)N(CC1CCCCC1)C[C@H](O)C(Cc1ccccc1)NC(=O)O[C@H]1CCOC1. The van der Waals surface area contributed by atoms with Gasteiger partial charge in [0, 0.05) is 19.5 Å². The van der Waals surface area contributed by atoms with Gasteiger partial charge in [0.05, 0.1) is 32.5 Å². The lowest BCUT2D eigenvalue weighted by molar-refractivity contribution is 0.0637. The molecule has 0 radical (unpaired) electrons. The van der Waals surface area contributed by atoms with Crippen LogP contribution in [0.15, 0.2) is 59.5 Å². The molecule has 1 unspecified atom stereocenters. The van der Waals surface area contributed by atoms with Crippen LogP contribution in [-0.4, -0.2) is 75.6 Å². The van der Waals surface area contributed by atoms with Crippen LogP contribution in [0, 0.1) is 5.92 Å². The third kappa shape index (κ3) is 8.17. The largest absolute Gasteiger partial charge is 0.495 e. The van der Waals surface area contributed by atoms with E-state index >= 15 is 0 Å². The van der Waals surface area contributed by atoms with Gasteiger partial charge in [0.15, 0.2) is 0 Å². The van der Waals surface area contributed by atoms with Crippen molar-refractivity contribution in [2.45, 2.75) is 68.1 Å². The van der Waals surface area contributed by atoms with E-state index in [2.05, 4.69) is 5.32 Å². The van der Waals surface area contributed by atoms with Crippen LogP contribution in [0.3, 0.4) is 0 Å². The summed E-state index contributed by atoms with van der Waals surface area (Å²) in [6.07, 6.45) is 3.89. The number of alkyl carbamates (subject to hydrolysis) is 1. The number of rotatable bonds is 12. The van der Waals surface area contributed by atoms with Crippen molar-refractivity contribution < 1.29 is 32.5 Å². The zero-order chi connectivity index (χ0) is 27.7. The monoisotopic (exact) mass is 560 g/mol. The number of amides is 1. The molecule has 1 heterocycles. The minimum Gasteiger partial charge on any atom is -0.495 e. The standard InChI is InChI=1S/C29H40N2O7S/c1-36-27-14-8-9-15-28(27)39(34,35)31(19-23-12-6-3-7-13-23)20-26(32)25(18-22-10-4-2-5-11-22)30-29(33)38-24-16-17-37-21-24/h2,4-5,8-11,14-15,23-26,32H,3,6-7,12-13,16-21H2,1H3,(H,30,33)/t24-,25?,26-/m0/s1. The van der Waals surface area contributed by atoms with Gasteiger partial charge in [-0.25, -0.2) is 13.2 Å². The highest BCUT2D eigenvalue weighted by Crippen LogP contribution is 2.30. The van der Waals surface area contributed by atoms with Gasteiger partial charge in [0.1, 0.15) is 16.7 Å². The van der Waals surface area contributed by atoms with Gasteiger partial charge in [0.25, 0.3) is 0 Å². The quantitative estimate of drug-likeness (QED) is 0.406. The minimum atomic E-state index is -4.00. The van der Waals surface area contributed by atoms with E-state index in [9.17, 15) is 18.3 Å². The molecule has 214 valence electrons. The highest BCUT2D eigenvalue weighted by Gasteiger charge is 2.34. The van der Waals surface area contributed by atoms with Crippen LogP contribution < -0.4 is 10.1 Å². The number of hydrogen-bond acceptors (Lipinski definition) is 7. The van der Waals surface area contributed by atoms with Crippen LogP contribution in [0.25, 0.3) is 0 Å². The van der Waals surface area contributed by atoms with Gasteiger partial charge in [-0.3, -0.25) is 0 Å². The first-order chi connectivity index (χ1) is 18.9. The molecule has 1 aliphatic carbocycles. The van der Waals surface area contributed by atoms with Crippen LogP contribution in [0.1, 0.15) is 44.1 Å². The van der Waals surface area contributed by atoms with Crippen LogP contribution in [0.4, 0.5) is 4.79 Å². The molecule has 0 bridgehead atoms. The van der Waals surface area contributed by atoms with E-state index in [-0.39, 0.29) is 29.2 Å². The molecule has 0 spiro atoms. The molecule has 2 aliphatic rings. The molecular weight excluding hydrogens is 520 g/mol. The van der Waals surface area contributed by atoms with Crippen molar-refractivity contribution in [3.05, 3.63) is 60.2 Å². The number of ether oxygens (including phenoxy) is 3. The van der Waals surface area contributed by atoms with E-state index in [4.69, 9.17) is 14.2 Å². The maximum absolute atomic E-state index is 14.0. The summed E-state index contributed by atoms with van der Waals surface area (Å²) in [5.41, 5.74) is 0.900. The van der Waals surface area contributed by atoms with E-state index in [0.717, 1.165) is 37.7 Å². The van der Waals surface area contributed by atoms with Gasteiger partial charge in [-0.15, -0.1) is 0 Å². The first-order valence-corrected chi connectivity index (χ1v) is 15.2. The fourth-order valence-electron chi connectivity index (χ4n) is 5.33. The molecule has 9 nitrogen and oxygen atoms in total. The third-order valence-corrected chi connectivity index (χ3v) is 9.36. The van der Waals surface area contributed by atoms with Crippen molar-refractivity contribution in [3.8, 4) is 5.75 Å². The van der Waals surface area contributed by atoms with Crippen LogP contribution in [0.5, 0.6) is 5.75 Å². The minimum absolute atomic E-state index is 0.0590. The summed E-state index contributed by atoms with van der Waals surface area (Å²) < 4.78 is 45.4. The molecule has 2 aromatic rings. The number of para-hydroxylation sites is 1. The number of hydrogen-bond donors (Lipinski definition) is 2. The van der Waals surface area contributed by atoms with Gasteiger partial charge in [-0.1, -0.05) is 61.7 Å². The van der Waals surface area contributed by atoms with Gasteiger partial charge in [-0.05, 0) is 42.9 Å². The zero-order valence-electron chi connectivity index (χ0n) is 22.5. The number of benzene rings is 2. The molecule has 3 atom stereocenters. The predicted molar refractivity (Wildman–Crippen MR) is 147 cm³/mol. The second-order valence-electron chi connectivity index (χ2n) is 10.4. The van der Waals surface area contributed by atoms with E-state index < -0.39 is 28.3 Å². The summed E-state index contributed by atoms with van der Waals surface area (Å²) in [6, 6.07) is 15.2. The molecule has 2 aromatic carbocycles. The fourth-order valence-corrected chi connectivity index (χ4v) is 7.02. The number of carbonyl (C=O) groups excluding carboxylic acids is 1. The van der Waals surface area contributed by atoms with Crippen LogP contribution >= 0.6 is 0 Å². The van der Waals surface area contributed by atoms with Crippen molar-refractivity contribution in [1.29, 1.82) is 0 Å². The molecule has 1 aliphatic heterocycles. The van der Waals surface area contributed by atoms with Gasteiger partial charge in [-0.2, -0.15) is 4.31 Å². The number of sulfonamides is 1. The topological polar surface area (TPSA) is 114 Å².